The number of hydrogen-bond donors (Lipinski definition) is 1. The van der Waals surface area contributed by atoms with Crippen molar-refractivity contribution in [2.75, 3.05) is 40.0 Å². The summed E-state index contributed by atoms with van der Waals surface area (Å²) >= 11 is 0. The van der Waals surface area contributed by atoms with Crippen LogP contribution in [0.5, 0.6) is 0 Å². The summed E-state index contributed by atoms with van der Waals surface area (Å²) in [6, 6.07) is 4.24. The number of aromatic nitrogens is 2. The number of halogens is 1. The fourth-order valence-corrected chi connectivity index (χ4v) is 3.18. The maximum Gasteiger partial charge on any atom is 0.254 e. The molecule has 146 valence electrons. The highest BCUT2D eigenvalue weighted by atomic mass is 19.1. The van der Waals surface area contributed by atoms with Gasteiger partial charge in [0.15, 0.2) is 0 Å². The molecule has 27 heavy (non-hydrogen) atoms. The van der Waals surface area contributed by atoms with Crippen LogP contribution >= 0.6 is 0 Å². The smallest absolute Gasteiger partial charge is 0.254 e. The minimum Gasteiger partial charge on any atom is -0.382 e. The Morgan fingerprint density at radius 1 is 1.41 bits per heavy atom. The lowest BCUT2D eigenvalue weighted by Gasteiger charge is -2.35. The van der Waals surface area contributed by atoms with Crippen LogP contribution in [0.4, 0.5) is 4.39 Å². The second-order valence-electron chi connectivity index (χ2n) is 6.47. The molecule has 2 aromatic rings. The summed E-state index contributed by atoms with van der Waals surface area (Å²) < 4.78 is 26.3. The summed E-state index contributed by atoms with van der Waals surface area (Å²) in [4.78, 5) is 19.3. The summed E-state index contributed by atoms with van der Waals surface area (Å²) in [5.74, 6) is 0.299. The fraction of sp³-hybridized carbons (Fsp3) is 0.474. The van der Waals surface area contributed by atoms with Gasteiger partial charge in [-0.25, -0.2) is 9.37 Å². The lowest BCUT2D eigenvalue weighted by molar-refractivity contribution is 0.0595. The van der Waals surface area contributed by atoms with Crippen molar-refractivity contribution in [1.82, 2.24) is 19.8 Å². The van der Waals surface area contributed by atoms with Crippen LogP contribution in [0.2, 0.25) is 0 Å². The largest absolute Gasteiger partial charge is 0.382 e. The molecule has 1 N–H and O–H groups in total. The van der Waals surface area contributed by atoms with E-state index in [0.717, 1.165) is 5.82 Å². The van der Waals surface area contributed by atoms with Crippen LogP contribution in [0.15, 0.2) is 30.6 Å². The zero-order valence-electron chi connectivity index (χ0n) is 15.7. The Labute approximate surface area is 158 Å². The Balaban J connectivity index is 1.78. The first-order valence-electron chi connectivity index (χ1n) is 8.96. The Bertz CT molecular complexity index is 780. The molecular formula is C19H25FN4O3. The van der Waals surface area contributed by atoms with Gasteiger partial charge in [-0.15, -0.1) is 0 Å². The second-order valence-corrected chi connectivity index (χ2v) is 6.47. The molecule has 0 radical (unpaired) electrons. The molecule has 1 aromatic carbocycles. The topological polar surface area (TPSA) is 68.6 Å². The number of rotatable bonds is 7. The molecule has 0 aliphatic carbocycles. The monoisotopic (exact) mass is 376 g/mol. The quantitative estimate of drug-likeness (QED) is 0.742. The zero-order valence-corrected chi connectivity index (χ0v) is 15.7. The number of ether oxygens (including phenoxy) is 2. The summed E-state index contributed by atoms with van der Waals surface area (Å²) in [6.07, 6.45) is 3.58. The predicted octanol–water partition coefficient (Wildman–Crippen LogP) is 1.51. The van der Waals surface area contributed by atoms with Crippen molar-refractivity contribution in [1.29, 1.82) is 0 Å². The summed E-state index contributed by atoms with van der Waals surface area (Å²) in [7, 11) is 3.49. The molecule has 0 spiro atoms. The Kier molecular flexibility index (Phi) is 6.54. The third-order valence-electron chi connectivity index (χ3n) is 4.64. The molecule has 1 aliphatic heterocycles. The molecule has 1 fully saturated rings. The highest BCUT2D eigenvalue weighted by molar-refractivity contribution is 5.94. The van der Waals surface area contributed by atoms with Gasteiger partial charge in [-0.05, 0) is 18.2 Å². The van der Waals surface area contributed by atoms with Crippen molar-refractivity contribution in [3.8, 4) is 0 Å². The lowest BCUT2D eigenvalue weighted by atomic mass is 10.1. The highest BCUT2D eigenvalue weighted by Gasteiger charge is 2.31. The molecule has 0 bridgehead atoms. The van der Waals surface area contributed by atoms with Gasteiger partial charge in [0.05, 0.1) is 19.8 Å². The SMILES string of the molecule is COCCOCc1cc(C(=O)N2CCNCC2c2nccn2C)ccc1F. The molecule has 1 aliphatic rings. The molecule has 0 saturated carbocycles. The van der Waals surface area contributed by atoms with Gasteiger partial charge in [0, 0.05) is 57.3 Å². The van der Waals surface area contributed by atoms with E-state index in [1.54, 1.807) is 24.3 Å². The predicted molar refractivity (Wildman–Crippen MR) is 97.8 cm³/mol. The summed E-state index contributed by atoms with van der Waals surface area (Å²) in [6.45, 7) is 2.80. The van der Waals surface area contributed by atoms with Gasteiger partial charge < -0.3 is 24.3 Å². The van der Waals surface area contributed by atoms with E-state index in [9.17, 15) is 9.18 Å². The van der Waals surface area contributed by atoms with E-state index in [2.05, 4.69) is 10.3 Å². The maximum atomic E-state index is 14.1. The molecule has 3 rings (SSSR count). The van der Waals surface area contributed by atoms with E-state index >= 15 is 0 Å². The first kappa shape index (κ1) is 19.5. The van der Waals surface area contributed by atoms with Crippen LogP contribution in [0.25, 0.3) is 0 Å². The van der Waals surface area contributed by atoms with Crippen LogP contribution in [0.3, 0.4) is 0 Å². The van der Waals surface area contributed by atoms with Crippen molar-refractivity contribution >= 4 is 5.91 Å². The number of imidazole rings is 1. The first-order valence-corrected chi connectivity index (χ1v) is 8.96. The van der Waals surface area contributed by atoms with Gasteiger partial charge in [0.25, 0.3) is 5.91 Å². The van der Waals surface area contributed by atoms with E-state index in [0.29, 0.717) is 44.0 Å². The molecule has 1 unspecified atom stereocenters. The molecular weight excluding hydrogens is 351 g/mol. The van der Waals surface area contributed by atoms with E-state index < -0.39 is 0 Å². The number of carbonyl (C=O) groups is 1. The Hall–Kier alpha value is -2.29. The number of piperazine rings is 1. The minimum absolute atomic E-state index is 0.0979. The van der Waals surface area contributed by atoms with Crippen molar-refractivity contribution in [3.63, 3.8) is 0 Å². The van der Waals surface area contributed by atoms with Crippen LogP contribution in [0.1, 0.15) is 27.8 Å². The number of amides is 1. The van der Waals surface area contributed by atoms with E-state index in [-0.39, 0.29) is 24.4 Å². The van der Waals surface area contributed by atoms with E-state index in [1.807, 2.05) is 17.8 Å². The van der Waals surface area contributed by atoms with Crippen molar-refractivity contribution in [2.24, 2.45) is 7.05 Å². The molecule has 1 aromatic heterocycles. The first-order chi connectivity index (χ1) is 13.1. The van der Waals surface area contributed by atoms with E-state index in [4.69, 9.17) is 9.47 Å². The average Bonchev–Trinajstić information content (AvgIpc) is 3.11. The van der Waals surface area contributed by atoms with Crippen LogP contribution in [0, 0.1) is 5.82 Å². The van der Waals surface area contributed by atoms with E-state index in [1.165, 1.54) is 12.1 Å². The number of hydrogen-bond acceptors (Lipinski definition) is 5. The van der Waals surface area contributed by atoms with Gasteiger partial charge in [-0.2, -0.15) is 0 Å². The van der Waals surface area contributed by atoms with Gasteiger partial charge in [0.2, 0.25) is 0 Å². The molecule has 1 saturated heterocycles. The molecule has 2 heterocycles. The summed E-state index contributed by atoms with van der Waals surface area (Å²) in [5.41, 5.74) is 0.809. The third-order valence-corrected chi connectivity index (χ3v) is 4.64. The fourth-order valence-electron chi connectivity index (χ4n) is 3.18. The molecule has 7 nitrogen and oxygen atoms in total. The molecule has 1 amide bonds. The van der Waals surface area contributed by atoms with Crippen molar-refractivity contribution in [3.05, 3.63) is 53.4 Å². The maximum absolute atomic E-state index is 14.1. The standard InChI is InChI=1S/C19H25FN4O3/c1-23-7-6-22-18(23)17-12-21-5-8-24(17)19(25)14-3-4-16(20)15(11-14)13-27-10-9-26-2/h3-4,6-7,11,17,21H,5,8-10,12-13H2,1-2H3. The van der Waals surface area contributed by atoms with Crippen LogP contribution in [-0.4, -0.2) is 60.3 Å². The van der Waals surface area contributed by atoms with Crippen molar-refractivity contribution in [2.45, 2.75) is 12.6 Å². The van der Waals surface area contributed by atoms with Gasteiger partial charge in [0.1, 0.15) is 17.7 Å². The number of nitrogens with zero attached hydrogens (tertiary/aromatic N) is 3. The third kappa shape index (κ3) is 4.52. The lowest BCUT2D eigenvalue weighted by Crippen LogP contribution is -2.49. The van der Waals surface area contributed by atoms with Gasteiger partial charge >= 0.3 is 0 Å². The molecule has 8 heteroatoms. The summed E-state index contributed by atoms with van der Waals surface area (Å²) in [5, 5.41) is 3.31. The Morgan fingerprint density at radius 3 is 3.00 bits per heavy atom. The minimum atomic E-state index is -0.384. The Morgan fingerprint density at radius 2 is 2.26 bits per heavy atom. The number of carbonyl (C=O) groups excluding carboxylic acids is 1. The zero-order chi connectivity index (χ0) is 19.2. The second kappa shape index (κ2) is 9.07. The van der Waals surface area contributed by atoms with Crippen LogP contribution < -0.4 is 5.32 Å². The van der Waals surface area contributed by atoms with Gasteiger partial charge in [-0.3, -0.25) is 4.79 Å². The number of nitrogens with one attached hydrogen (secondary N) is 1. The van der Waals surface area contributed by atoms with Crippen molar-refractivity contribution < 1.29 is 18.7 Å². The average molecular weight is 376 g/mol. The number of benzene rings is 1. The van der Waals surface area contributed by atoms with Crippen LogP contribution in [-0.2, 0) is 23.1 Å². The normalized spacial score (nSPS) is 17.3. The number of aryl methyl sites for hydroxylation is 1. The number of methoxy groups -OCH3 is 1. The highest BCUT2D eigenvalue weighted by Crippen LogP contribution is 2.23. The van der Waals surface area contributed by atoms with Gasteiger partial charge in [-0.1, -0.05) is 0 Å². The molecule has 1 atom stereocenters.